The van der Waals surface area contributed by atoms with Gasteiger partial charge in [0.25, 0.3) is 5.91 Å². The molecular formula is C23H20N10O2. The van der Waals surface area contributed by atoms with E-state index in [0.717, 1.165) is 5.56 Å². The fourth-order valence-corrected chi connectivity index (χ4v) is 3.85. The number of carbonyl (C=O) groups is 1. The molecule has 1 aromatic carbocycles. The van der Waals surface area contributed by atoms with E-state index in [4.69, 9.17) is 11.0 Å². The first kappa shape index (κ1) is 21.8. The number of rotatable bonds is 6. The second kappa shape index (κ2) is 8.38. The van der Waals surface area contributed by atoms with Gasteiger partial charge in [-0.2, -0.15) is 30.2 Å². The third-order valence-electron chi connectivity index (χ3n) is 5.61. The Hall–Kier alpha value is -5.05. The number of aromatic amines is 1. The number of fused-ring (bicyclic) bond motifs is 1. The number of aromatic hydroxyl groups is 1. The number of aryl methyl sites for hydroxylation is 4. The number of nitriles is 1. The highest BCUT2D eigenvalue weighted by atomic mass is 16.3. The maximum absolute atomic E-state index is 11.9. The number of nitrogens with zero attached hydrogens (tertiary/aromatic N) is 8. The van der Waals surface area contributed by atoms with Gasteiger partial charge in [-0.25, -0.2) is 5.10 Å². The van der Waals surface area contributed by atoms with E-state index >= 15 is 0 Å². The number of hydrogen-bond acceptors (Lipinski definition) is 8. The largest absolute Gasteiger partial charge is 0.504 e. The van der Waals surface area contributed by atoms with Crippen LogP contribution in [0.15, 0.2) is 36.5 Å². The standard InChI is InChI=1S/C23H20N10O2/c1-12-9-16-17(11-26-12)33(31-18(16)21(25)35)23-27-22(28-29-23)19-20(34)13(2)30-32(19)8-7-14-3-5-15(10-24)6-4-14/h3-6,9,11,34H,7-8H2,1-2H3,(H2,25,35)(H,27,28,29). The summed E-state index contributed by atoms with van der Waals surface area (Å²) in [7, 11) is 0. The van der Waals surface area contributed by atoms with Crippen molar-refractivity contribution in [2.75, 3.05) is 0 Å². The topological polar surface area (TPSA) is 177 Å². The Bertz CT molecular complexity index is 1620. The number of amides is 1. The van der Waals surface area contributed by atoms with Gasteiger partial charge in [0.15, 0.2) is 11.4 Å². The summed E-state index contributed by atoms with van der Waals surface area (Å²) in [6.07, 6.45) is 2.20. The summed E-state index contributed by atoms with van der Waals surface area (Å²) in [4.78, 5) is 20.7. The summed E-state index contributed by atoms with van der Waals surface area (Å²) in [6, 6.07) is 11.1. The molecule has 0 aliphatic carbocycles. The fraction of sp³-hybridized carbons (Fsp3) is 0.174. The summed E-state index contributed by atoms with van der Waals surface area (Å²) >= 11 is 0. The van der Waals surface area contributed by atoms with Crippen LogP contribution in [0.3, 0.4) is 0 Å². The van der Waals surface area contributed by atoms with Crippen LogP contribution in [0.1, 0.15) is 33.0 Å². The van der Waals surface area contributed by atoms with Crippen LogP contribution < -0.4 is 5.73 Å². The maximum atomic E-state index is 11.9. The van der Waals surface area contributed by atoms with Crippen molar-refractivity contribution in [3.63, 3.8) is 0 Å². The first-order valence-electron chi connectivity index (χ1n) is 10.7. The van der Waals surface area contributed by atoms with E-state index in [9.17, 15) is 9.90 Å². The summed E-state index contributed by atoms with van der Waals surface area (Å²) in [5.74, 6) is -0.272. The molecule has 12 nitrogen and oxygen atoms in total. The Balaban J connectivity index is 1.50. The first-order chi connectivity index (χ1) is 16.9. The van der Waals surface area contributed by atoms with Gasteiger partial charge in [-0.05, 0) is 44.0 Å². The van der Waals surface area contributed by atoms with Crippen LogP contribution >= 0.6 is 0 Å². The molecule has 4 aromatic heterocycles. The van der Waals surface area contributed by atoms with Gasteiger partial charge in [0.05, 0.1) is 23.3 Å². The van der Waals surface area contributed by atoms with Crippen molar-refractivity contribution in [2.45, 2.75) is 26.8 Å². The van der Waals surface area contributed by atoms with Crippen LogP contribution in [-0.4, -0.2) is 50.7 Å². The Morgan fingerprint density at radius 1 is 1.23 bits per heavy atom. The summed E-state index contributed by atoms with van der Waals surface area (Å²) in [5.41, 5.74) is 9.24. The van der Waals surface area contributed by atoms with Gasteiger partial charge in [0, 0.05) is 17.6 Å². The molecule has 0 aliphatic heterocycles. The molecule has 4 N–H and O–H groups in total. The quantitative estimate of drug-likeness (QED) is 0.338. The Labute approximate surface area is 198 Å². The minimum Gasteiger partial charge on any atom is -0.504 e. The molecule has 5 rings (SSSR count). The van der Waals surface area contributed by atoms with Gasteiger partial charge >= 0.3 is 0 Å². The predicted molar refractivity (Wildman–Crippen MR) is 125 cm³/mol. The number of carbonyl (C=O) groups excluding carboxylic acids is 1. The lowest BCUT2D eigenvalue weighted by Gasteiger charge is -2.06. The summed E-state index contributed by atoms with van der Waals surface area (Å²) in [6.45, 7) is 3.95. The lowest BCUT2D eigenvalue weighted by Crippen LogP contribution is -2.12. The highest BCUT2D eigenvalue weighted by Gasteiger charge is 2.23. The molecule has 0 aliphatic rings. The van der Waals surface area contributed by atoms with Crippen LogP contribution in [0.25, 0.3) is 28.4 Å². The van der Waals surface area contributed by atoms with E-state index in [1.165, 1.54) is 4.68 Å². The highest BCUT2D eigenvalue weighted by Crippen LogP contribution is 2.31. The zero-order valence-electron chi connectivity index (χ0n) is 18.9. The fourth-order valence-electron chi connectivity index (χ4n) is 3.85. The molecule has 5 aromatic rings. The van der Waals surface area contributed by atoms with Crippen molar-refractivity contribution in [3.8, 4) is 29.3 Å². The van der Waals surface area contributed by atoms with E-state index in [2.05, 4.69) is 36.4 Å². The van der Waals surface area contributed by atoms with E-state index < -0.39 is 5.91 Å². The number of hydrogen-bond donors (Lipinski definition) is 3. The Morgan fingerprint density at radius 2 is 2.00 bits per heavy atom. The average Bonchev–Trinajstić information content (AvgIpc) is 3.54. The summed E-state index contributed by atoms with van der Waals surface area (Å²) < 4.78 is 3.04. The number of nitrogens with one attached hydrogen (secondary N) is 1. The number of benzene rings is 1. The Morgan fingerprint density at radius 3 is 2.71 bits per heavy atom. The van der Waals surface area contributed by atoms with Crippen molar-refractivity contribution >= 4 is 16.8 Å². The van der Waals surface area contributed by atoms with Gasteiger partial charge < -0.3 is 10.8 Å². The predicted octanol–water partition coefficient (Wildman–Crippen LogP) is 1.94. The zero-order chi connectivity index (χ0) is 24.7. The molecule has 1 amide bonds. The normalized spacial score (nSPS) is 11.1. The SMILES string of the molecule is Cc1cc2c(C(N)=O)nn(-c3nc(-c4c(O)c(C)nn4CCc4ccc(C#N)cc4)n[nH]3)c2cn1. The maximum Gasteiger partial charge on any atom is 0.269 e. The molecular weight excluding hydrogens is 448 g/mol. The van der Waals surface area contributed by atoms with Crippen LogP contribution in [0.4, 0.5) is 0 Å². The number of nitrogens with two attached hydrogens (primary N) is 1. The molecule has 0 bridgehead atoms. The molecule has 4 heterocycles. The van der Waals surface area contributed by atoms with Gasteiger partial charge in [-0.15, -0.1) is 0 Å². The van der Waals surface area contributed by atoms with Crippen molar-refractivity contribution in [3.05, 3.63) is 64.7 Å². The molecule has 0 atom stereocenters. The van der Waals surface area contributed by atoms with Crippen molar-refractivity contribution in [1.29, 1.82) is 5.26 Å². The second-order valence-corrected chi connectivity index (χ2v) is 8.01. The Kier molecular flexibility index (Phi) is 5.21. The summed E-state index contributed by atoms with van der Waals surface area (Å²) in [5, 5.41) is 36.0. The molecule has 0 radical (unpaired) electrons. The number of H-pyrrole nitrogens is 1. The third kappa shape index (κ3) is 3.84. The van der Waals surface area contributed by atoms with E-state index in [-0.39, 0.29) is 23.2 Å². The van der Waals surface area contributed by atoms with Crippen LogP contribution in [0.5, 0.6) is 5.75 Å². The average molecular weight is 468 g/mol. The van der Waals surface area contributed by atoms with Gasteiger partial charge in [0.2, 0.25) is 11.8 Å². The van der Waals surface area contributed by atoms with Gasteiger partial charge in [-0.1, -0.05) is 12.1 Å². The van der Waals surface area contributed by atoms with Crippen molar-refractivity contribution in [1.82, 2.24) is 39.7 Å². The monoisotopic (exact) mass is 468 g/mol. The second-order valence-electron chi connectivity index (χ2n) is 8.01. The highest BCUT2D eigenvalue weighted by molar-refractivity contribution is 6.04. The van der Waals surface area contributed by atoms with Gasteiger partial charge in [0.1, 0.15) is 11.4 Å². The lowest BCUT2D eigenvalue weighted by atomic mass is 10.1. The van der Waals surface area contributed by atoms with Crippen molar-refractivity contribution < 1.29 is 9.90 Å². The van der Waals surface area contributed by atoms with Crippen molar-refractivity contribution in [2.24, 2.45) is 5.73 Å². The molecule has 0 unspecified atom stereocenters. The molecule has 0 spiro atoms. The number of primary amides is 1. The lowest BCUT2D eigenvalue weighted by molar-refractivity contribution is 0.0996. The molecule has 12 heteroatoms. The van der Waals surface area contributed by atoms with Crippen LogP contribution in [0.2, 0.25) is 0 Å². The zero-order valence-corrected chi connectivity index (χ0v) is 18.9. The number of pyridine rings is 1. The minimum atomic E-state index is -0.673. The van der Waals surface area contributed by atoms with Crippen LogP contribution in [0, 0.1) is 25.2 Å². The van der Waals surface area contributed by atoms with E-state index in [1.807, 2.05) is 12.1 Å². The van der Waals surface area contributed by atoms with Crippen LogP contribution in [-0.2, 0) is 13.0 Å². The molecule has 0 fully saturated rings. The van der Waals surface area contributed by atoms with E-state index in [1.54, 1.807) is 42.9 Å². The minimum absolute atomic E-state index is 0.0316. The molecule has 35 heavy (non-hydrogen) atoms. The molecule has 174 valence electrons. The first-order valence-corrected chi connectivity index (χ1v) is 10.7. The number of aromatic nitrogens is 8. The smallest absolute Gasteiger partial charge is 0.269 e. The third-order valence-corrected chi connectivity index (χ3v) is 5.61. The molecule has 0 saturated carbocycles. The molecule has 0 saturated heterocycles. The van der Waals surface area contributed by atoms with Gasteiger partial charge in [-0.3, -0.25) is 14.5 Å². The van der Waals surface area contributed by atoms with E-state index in [0.29, 0.717) is 46.5 Å².